The van der Waals surface area contributed by atoms with Gasteiger partial charge < -0.3 is 0 Å². The van der Waals surface area contributed by atoms with Gasteiger partial charge in [-0.15, -0.1) is 0 Å². The SMILES string of the molecule is BrC/C=C/C[n+]1cc[nH]c1. The van der Waals surface area contributed by atoms with Crippen LogP contribution in [-0.2, 0) is 6.54 Å². The van der Waals surface area contributed by atoms with Crippen molar-refractivity contribution in [2.24, 2.45) is 0 Å². The van der Waals surface area contributed by atoms with Gasteiger partial charge in [0.15, 0.2) is 0 Å². The van der Waals surface area contributed by atoms with Gasteiger partial charge in [-0.1, -0.05) is 22.0 Å². The molecule has 1 aromatic heterocycles. The van der Waals surface area contributed by atoms with Crippen LogP contribution in [0.1, 0.15) is 0 Å². The second-order valence-electron chi connectivity index (χ2n) is 1.93. The van der Waals surface area contributed by atoms with Crippen LogP contribution in [0.4, 0.5) is 0 Å². The van der Waals surface area contributed by atoms with Crippen molar-refractivity contribution in [2.75, 3.05) is 5.33 Å². The van der Waals surface area contributed by atoms with E-state index in [0.29, 0.717) is 0 Å². The molecule has 0 aliphatic carbocycles. The quantitative estimate of drug-likeness (QED) is 0.432. The van der Waals surface area contributed by atoms with E-state index in [0.717, 1.165) is 11.9 Å². The molecule has 54 valence electrons. The summed E-state index contributed by atoms with van der Waals surface area (Å²) in [6, 6.07) is 0. The van der Waals surface area contributed by atoms with Gasteiger partial charge in [-0.25, -0.2) is 4.57 Å². The lowest BCUT2D eigenvalue weighted by Gasteiger charge is -1.84. The van der Waals surface area contributed by atoms with Crippen LogP contribution in [0.3, 0.4) is 0 Å². The zero-order chi connectivity index (χ0) is 7.23. The Morgan fingerprint density at radius 3 is 3.00 bits per heavy atom. The van der Waals surface area contributed by atoms with Crippen LogP contribution < -0.4 is 4.57 Å². The molecule has 1 rings (SSSR count). The molecule has 0 spiro atoms. The van der Waals surface area contributed by atoms with E-state index in [2.05, 4.69) is 37.6 Å². The lowest BCUT2D eigenvalue weighted by molar-refractivity contribution is -0.685. The third-order valence-electron chi connectivity index (χ3n) is 1.17. The molecule has 0 unspecified atom stereocenters. The Morgan fingerprint density at radius 2 is 2.40 bits per heavy atom. The maximum absolute atomic E-state index is 3.31. The van der Waals surface area contributed by atoms with Crippen molar-refractivity contribution in [3.63, 3.8) is 0 Å². The minimum atomic E-state index is 0.929. The number of aromatic nitrogens is 2. The van der Waals surface area contributed by atoms with Crippen molar-refractivity contribution in [2.45, 2.75) is 6.54 Å². The molecule has 0 saturated heterocycles. The smallest absolute Gasteiger partial charge is 0.241 e. The Bertz CT molecular complexity index is 191. The van der Waals surface area contributed by atoms with E-state index in [4.69, 9.17) is 0 Å². The monoisotopic (exact) mass is 201 g/mol. The van der Waals surface area contributed by atoms with Crippen LogP contribution >= 0.6 is 15.9 Å². The summed E-state index contributed by atoms with van der Waals surface area (Å²) < 4.78 is 2.07. The molecule has 0 fully saturated rings. The van der Waals surface area contributed by atoms with E-state index in [9.17, 15) is 0 Å². The molecule has 1 aromatic rings. The molecule has 10 heavy (non-hydrogen) atoms. The molecule has 2 nitrogen and oxygen atoms in total. The minimum Gasteiger partial charge on any atom is -0.250 e. The third kappa shape index (κ3) is 2.35. The van der Waals surface area contributed by atoms with Crippen molar-refractivity contribution in [3.8, 4) is 0 Å². The number of alkyl halides is 1. The van der Waals surface area contributed by atoms with Crippen LogP contribution in [-0.4, -0.2) is 10.3 Å². The average Bonchev–Trinajstić information content (AvgIpc) is 2.41. The van der Waals surface area contributed by atoms with Gasteiger partial charge >= 0.3 is 0 Å². The van der Waals surface area contributed by atoms with Gasteiger partial charge in [-0.3, -0.25) is 4.98 Å². The summed E-state index contributed by atoms with van der Waals surface area (Å²) in [4.78, 5) is 2.97. The highest BCUT2D eigenvalue weighted by Crippen LogP contribution is 1.81. The molecule has 0 bridgehead atoms. The molecular weight excluding hydrogens is 192 g/mol. The standard InChI is InChI=1S/C7H9BrN2/c8-3-1-2-5-10-6-4-9-7-10/h1-2,4,6-7H,3,5H2/p+1/b2-1+. The zero-order valence-corrected chi connectivity index (χ0v) is 7.21. The Kier molecular flexibility index (Phi) is 3.22. The predicted octanol–water partition coefficient (Wildman–Crippen LogP) is 1.25. The van der Waals surface area contributed by atoms with Gasteiger partial charge in [0.25, 0.3) is 0 Å². The topological polar surface area (TPSA) is 19.7 Å². The number of nitrogens with zero attached hydrogens (tertiary/aromatic N) is 1. The summed E-state index contributed by atoms with van der Waals surface area (Å²) in [5, 5.41) is 0.929. The fraction of sp³-hybridized carbons (Fsp3) is 0.286. The van der Waals surface area contributed by atoms with Gasteiger partial charge in [0.2, 0.25) is 6.33 Å². The molecule has 0 amide bonds. The van der Waals surface area contributed by atoms with Crippen LogP contribution in [0.25, 0.3) is 0 Å². The molecule has 1 N–H and O–H groups in total. The third-order valence-corrected chi connectivity index (χ3v) is 1.55. The normalized spacial score (nSPS) is 10.9. The summed E-state index contributed by atoms with van der Waals surface area (Å²) in [6.07, 6.45) is 10.0. The summed E-state index contributed by atoms with van der Waals surface area (Å²) >= 11 is 3.31. The van der Waals surface area contributed by atoms with Gasteiger partial charge in [0, 0.05) is 5.33 Å². The Hall–Kier alpha value is -0.570. The van der Waals surface area contributed by atoms with Crippen LogP contribution in [0, 0.1) is 0 Å². The van der Waals surface area contributed by atoms with E-state index in [-0.39, 0.29) is 0 Å². The highest BCUT2D eigenvalue weighted by molar-refractivity contribution is 9.09. The van der Waals surface area contributed by atoms with Gasteiger partial charge in [0.1, 0.15) is 18.9 Å². The summed E-state index contributed by atoms with van der Waals surface area (Å²) in [5.74, 6) is 0. The van der Waals surface area contributed by atoms with Crippen molar-refractivity contribution in [1.29, 1.82) is 0 Å². The number of hydrogen-bond donors (Lipinski definition) is 1. The number of hydrogen-bond acceptors (Lipinski definition) is 0. The molecule has 1 heterocycles. The van der Waals surface area contributed by atoms with Crippen molar-refractivity contribution < 1.29 is 4.57 Å². The largest absolute Gasteiger partial charge is 0.250 e. The predicted molar refractivity (Wildman–Crippen MR) is 43.9 cm³/mol. The molecule has 3 heteroatoms. The van der Waals surface area contributed by atoms with E-state index in [1.165, 1.54) is 0 Å². The summed E-state index contributed by atoms with van der Waals surface area (Å²) in [5.41, 5.74) is 0. The highest BCUT2D eigenvalue weighted by Gasteiger charge is 1.89. The minimum absolute atomic E-state index is 0.929. The van der Waals surface area contributed by atoms with E-state index in [1.807, 2.05) is 18.7 Å². The summed E-state index contributed by atoms with van der Waals surface area (Å²) in [7, 11) is 0. The van der Waals surface area contributed by atoms with Gasteiger partial charge in [0.05, 0.1) is 0 Å². The molecule has 0 atom stereocenters. The first-order chi connectivity index (χ1) is 4.93. The molecule has 0 aliphatic rings. The number of allylic oxidation sites excluding steroid dienone is 2. The first-order valence-corrected chi connectivity index (χ1v) is 4.28. The average molecular weight is 202 g/mol. The molecular formula is C7H10BrN2+. The number of imidazole rings is 1. The zero-order valence-electron chi connectivity index (χ0n) is 5.63. The van der Waals surface area contributed by atoms with Crippen LogP contribution in [0.5, 0.6) is 0 Å². The van der Waals surface area contributed by atoms with E-state index < -0.39 is 0 Å². The van der Waals surface area contributed by atoms with E-state index in [1.54, 1.807) is 0 Å². The lowest BCUT2D eigenvalue weighted by atomic mass is 10.5. The Morgan fingerprint density at radius 1 is 1.50 bits per heavy atom. The van der Waals surface area contributed by atoms with Crippen LogP contribution in [0.15, 0.2) is 30.9 Å². The van der Waals surface area contributed by atoms with Crippen molar-refractivity contribution >= 4 is 15.9 Å². The molecule has 0 aliphatic heterocycles. The number of halogens is 1. The van der Waals surface area contributed by atoms with Gasteiger partial charge in [-0.2, -0.15) is 0 Å². The second kappa shape index (κ2) is 4.28. The maximum Gasteiger partial charge on any atom is 0.241 e. The number of aromatic amines is 1. The molecule has 0 aromatic carbocycles. The number of H-pyrrole nitrogens is 1. The number of rotatable bonds is 3. The Balaban J connectivity index is 2.34. The van der Waals surface area contributed by atoms with Crippen molar-refractivity contribution in [3.05, 3.63) is 30.9 Å². The maximum atomic E-state index is 3.31. The van der Waals surface area contributed by atoms with Gasteiger partial charge in [-0.05, 0) is 6.08 Å². The fourth-order valence-electron chi connectivity index (χ4n) is 0.693. The summed E-state index contributed by atoms with van der Waals surface area (Å²) in [6.45, 7) is 0.940. The lowest BCUT2D eigenvalue weighted by Crippen LogP contribution is -2.28. The van der Waals surface area contributed by atoms with Crippen LogP contribution in [0.2, 0.25) is 0 Å². The number of nitrogens with one attached hydrogen (secondary N) is 1. The highest BCUT2D eigenvalue weighted by atomic mass is 79.9. The first-order valence-electron chi connectivity index (χ1n) is 3.16. The first kappa shape index (κ1) is 7.54. The van der Waals surface area contributed by atoms with E-state index >= 15 is 0 Å². The molecule has 0 saturated carbocycles. The fourth-order valence-corrected chi connectivity index (χ4v) is 0.958. The molecule has 0 radical (unpaired) electrons. The second-order valence-corrected chi connectivity index (χ2v) is 2.58. The Labute approximate surface area is 68.7 Å². The van der Waals surface area contributed by atoms with Crippen molar-refractivity contribution in [1.82, 2.24) is 4.98 Å².